The van der Waals surface area contributed by atoms with Gasteiger partial charge >= 0.3 is 0 Å². The number of hydrogen-bond donors (Lipinski definition) is 0. The van der Waals surface area contributed by atoms with Gasteiger partial charge < -0.3 is 0 Å². The zero-order chi connectivity index (χ0) is 20.8. The topological polar surface area (TPSA) is 49.9 Å². The highest BCUT2D eigenvalue weighted by Crippen LogP contribution is 2.47. The van der Waals surface area contributed by atoms with E-state index in [4.69, 9.17) is 16.4 Å². The summed E-state index contributed by atoms with van der Waals surface area (Å²) in [4.78, 5) is 34.0. The van der Waals surface area contributed by atoms with Crippen LogP contribution < -0.4 is 9.96 Å². The molecule has 5 nitrogen and oxygen atoms in total. The molecule has 3 aromatic rings. The highest BCUT2D eigenvalue weighted by molar-refractivity contribution is 9.10. The van der Waals surface area contributed by atoms with E-state index in [2.05, 4.69) is 15.9 Å². The van der Waals surface area contributed by atoms with E-state index >= 15 is 0 Å². The number of hydrogen-bond acceptors (Lipinski definition) is 4. The van der Waals surface area contributed by atoms with Crippen molar-refractivity contribution in [1.29, 1.82) is 0 Å². The summed E-state index contributed by atoms with van der Waals surface area (Å²) in [6, 6.07) is 23.5. The first-order valence-corrected chi connectivity index (χ1v) is 10.6. The molecule has 0 aromatic heterocycles. The number of imide groups is 1. The lowest BCUT2D eigenvalue weighted by Crippen LogP contribution is -2.37. The fourth-order valence-electron chi connectivity index (χ4n) is 4.06. The molecule has 30 heavy (non-hydrogen) atoms. The summed E-state index contributed by atoms with van der Waals surface area (Å²) in [6.07, 6.45) is -0.887. The van der Waals surface area contributed by atoms with Crippen LogP contribution in [-0.2, 0) is 14.4 Å². The minimum absolute atomic E-state index is 0.279. The van der Waals surface area contributed by atoms with Gasteiger partial charge in [-0.1, -0.05) is 57.9 Å². The second-order valence-electron chi connectivity index (χ2n) is 7.20. The van der Waals surface area contributed by atoms with Gasteiger partial charge in [0.15, 0.2) is 6.10 Å². The Morgan fingerprint density at radius 3 is 2.13 bits per heavy atom. The number of fused-ring (bicyclic) bond motifs is 1. The van der Waals surface area contributed by atoms with Gasteiger partial charge in [0.25, 0.3) is 5.91 Å². The minimum Gasteiger partial charge on any atom is -0.273 e. The molecule has 0 aliphatic carbocycles. The van der Waals surface area contributed by atoms with Crippen LogP contribution in [0.25, 0.3) is 0 Å². The first kappa shape index (κ1) is 19.3. The molecule has 2 fully saturated rings. The maximum Gasteiger partial charge on any atom is 0.266 e. The quantitative estimate of drug-likeness (QED) is 0.483. The molecule has 0 bridgehead atoms. The fourth-order valence-corrected chi connectivity index (χ4v) is 4.45. The van der Waals surface area contributed by atoms with E-state index in [1.54, 1.807) is 29.3 Å². The number of amides is 2. The number of rotatable bonds is 3. The molecule has 150 valence electrons. The van der Waals surface area contributed by atoms with E-state index in [9.17, 15) is 9.59 Å². The van der Waals surface area contributed by atoms with Crippen molar-refractivity contribution in [2.45, 2.75) is 12.1 Å². The zero-order valence-electron chi connectivity index (χ0n) is 15.6. The van der Waals surface area contributed by atoms with Crippen LogP contribution in [0.4, 0.5) is 11.4 Å². The third-order valence-corrected chi connectivity index (χ3v) is 6.20. The van der Waals surface area contributed by atoms with Crippen LogP contribution in [0.1, 0.15) is 11.6 Å². The highest BCUT2D eigenvalue weighted by Gasteiger charge is 2.60. The standard InChI is InChI=1S/C23H16BrClN2O3/c24-15-8-6-14(7-9-15)20-19-21(30-27(20)18-4-2-1-3-5-18)23(29)26(22(19)28)17-12-10-16(25)11-13-17/h1-13,19-21H. The van der Waals surface area contributed by atoms with Gasteiger partial charge in [-0.2, -0.15) is 0 Å². The molecule has 3 unspecified atom stereocenters. The summed E-state index contributed by atoms with van der Waals surface area (Å²) < 4.78 is 0.935. The van der Waals surface area contributed by atoms with Crippen molar-refractivity contribution in [3.05, 3.63) is 93.9 Å². The minimum atomic E-state index is -0.887. The van der Waals surface area contributed by atoms with Gasteiger partial charge in [-0.25, -0.2) is 9.96 Å². The van der Waals surface area contributed by atoms with Crippen LogP contribution in [0.15, 0.2) is 83.3 Å². The third-order valence-electron chi connectivity index (χ3n) is 5.42. The van der Waals surface area contributed by atoms with E-state index in [0.29, 0.717) is 10.7 Å². The Hall–Kier alpha value is -2.67. The van der Waals surface area contributed by atoms with Crippen LogP contribution >= 0.6 is 27.5 Å². The lowest BCUT2D eigenvalue weighted by atomic mass is 9.90. The predicted molar refractivity (Wildman–Crippen MR) is 118 cm³/mol. The van der Waals surface area contributed by atoms with Crippen molar-refractivity contribution in [2.24, 2.45) is 5.92 Å². The Labute approximate surface area is 186 Å². The monoisotopic (exact) mass is 482 g/mol. The van der Waals surface area contributed by atoms with Gasteiger partial charge in [-0.15, -0.1) is 0 Å². The molecular weight excluding hydrogens is 468 g/mol. The Kier molecular flexibility index (Phi) is 4.85. The molecule has 0 spiro atoms. The lowest BCUT2D eigenvalue weighted by Gasteiger charge is -2.28. The number of hydroxylamine groups is 1. The van der Waals surface area contributed by atoms with Gasteiger partial charge in [0.05, 0.1) is 17.4 Å². The van der Waals surface area contributed by atoms with Gasteiger partial charge in [-0.3, -0.25) is 14.4 Å². The Bertz CT molecular complexity index is 1110. The summed E-state index contributed by atoms with van der Waals surface area (Å²) in [6.45, 7) is 0. The lowest BCUT2D eigenvalue weighted by molar-refractivity contribution is -0.126. The second-order valence-corrected chi connectivity index (χ2v) is 8.55. The summed E-state index contributed by atoms with van der Waals surface area (Å²) in [5.74, 6) is -1.30. The molecule has 3 aromatic carbocycles. The smallest absolute Gasteiger partial charge is 0.266 e. The Balaban J connectivity index is 1.58. The summed E-state index contributed by atoms with van der Waals surface area (Å²) in [5.41, 5.74) is 2.18. The third kappa shape index (κ3) is 3.12. The normalized spacial score (nSPS) is 23.2. The average molecular weight is 484 g/mol. The van der Waals surface area contributed by atoms with Crippen LogP contribution in [-0.4, -0.2) is 17.9 Å². The van der Waals surface area contributed by atoms with Crippen LogP contribution in [0.2, 0.25) is 5.02 Å². The molecule has 5 rings (SSSR count). The molecule has 2 aliphatic heterocycles. The van der Waals surface area contributed by atoms with Crippen molar-refractivity contribution >= 4 is 50.7 Å². The fraction of sp³-hybridized carbons (Fsp3) is 0.130. The number of carbonyl (C=O) groups excluding carboxylic acids is 2. The highest BCUT2D eigenvalue weighted by atomic mass is 79.9. The van der Waals surface area contributed by atoms with E-state index in [1.165, 1.54) is 4.90 Å². The largest absolute Gasteiger partial charge is 0.273 e. The molecule has 7 heteroatoms. The molecule has 0 N–H and O–H groups in total. The summed E-state index contributed by atoms with van der Waals surface area (Å²) in [7, 11) is 0. The molecule has 3 atom stereocenters. The van der Waals surface area contributed by atoms with Gasteiger partial charge in [0.2, 0.25) is 5.91 Å². The van der Waals surface area contributed by atoms with Crippen molar-refractivity contribution in [3.8, 4) is 0 Å². The van der Waals surface area contributed by atoms with Crippen LogP contribution in [0.3, 0.4) is 0 Å². The van der Waals surface area contributed by atoms with Gasteiger partial charge in [-0.05, 0) is 54.1 Å². The molecule has 2 heterocycles. The number of nitrogens with zero attached hydrogens (tertiary/aromatic N) is 2. The Morgan fingerprint density at radius 1 is 0.800 bits per heavy atom. The van der Waals surface area contributed by atoms with Crippen molar-refractivity contribution in [1.82, 2.24) is 0 Å². The molecule has 0 radical (unpaired) electrons. The molecule has 2 amide bonds. The maximum atomic E-state index is 13.5. The predicted octanol–water partition coefficient (Wildman–Crippen LogP) is 5.15. The van der Waals surface area contributed by atoms with E-state index in [-0.39, 0.29) is 11.8 Å². The van der Waals surface area contributed by atoms with Crippen LogP contribution in [0.5, 0.6) is 0 Å². The number of anilines is 2. The summed E-state index contributed by atoms with van der Waals surface area (Å²) in [5, 5.41) is 2.23. The number of benzene rings is 3. The number of carbonyl (C=O) groups is 2. The molecule has 2 saturated heterocycles. The first-order chi connectivity index (χ1) is 14.5. The average Bonchev–Trinajstić information content (AvgIpc) is 3.27. The Morgan fingerprint density at radius 2 is 1.47 bits per heavy atom. The van der Waals surface area contributed by atoms with Crippen molar-refractivity contribution in [2.75, 3.05) is 9.96 Å². The van der Waals surface area contributed by atoms with E-state index in [1.807, 2.05) is 54.6 Å². The number of para-hydroxylation sites is 1. The van der Waals surface area contributed by atoms with Crippen molar-refractivity contribution in [3.63, 3.8) is 0 Å². The first-order valence-electron chi connectivity index (χ1n) is 9.44. The second kappa shape index (κ2) is 7.54. The van der Waals surface area contributed by atoms with E-state index in [0.717, 1.165) is 15.7 Å². The molecular formula is C23H16BrClN2O3. The number of halogens is 2. The van der Waals surface area contributed by atoms with Gasteiger partial charge in [0, 0.05) is 9.50 Å². The van der Waals surface area contributed by atoms with E-state index < -0.39 is 18.1 Å². The van der Waals surface area contributed by atoms with Crippen LogP contribution in [0, 0.1) is 5.92 Å². The molecule has 2 aliphatic rings. The summed E-state index contributed by atoms with van der Waals surface area (Å²) >= 11 is 9.42. The molecule has 0 saturated carbocycles. The van der Waals surface area contributed by atoms with Gasteiger partial charge in [0.1, 0.15) is 5.92 Å². The maximum absolute atomic E-state index is 13.5. The van der Waals surface area contributed by atoms with Crippen molar-refractivity contribution < 1.29 is 14.4 Å². The zero-order valence-corrected chi connectivity index (χ0v) is 18.0. The SMILES string of the molecule is O=C1C2ON(c3ccccc3)C(c3ccc(Br)cc3)C2C(=O)N1c1ccc(Cl)cc1.